The van der Waals surface area contributed by atoms with Gasteiger partial charge in [-0.3, -0.25) is 4.79 Å². The lowest BCUT2D eigenvalue weighted by atomic mass is 9.90. The normalized spacial score (nSPS) is 22.6. The van der Waals surface area contributed by atoms with Gasteiger partial charge in [-0.05, 0) is 25.1 Å². The van der Waals surface area contributed by atoms with Gasteiger partial charge in [0.05, 0.1) is 23.5 Å². The molecule has 2 aromatic carbocycles. The zero-order valence-corrected chi connectivity index (χ0v) is 13.7. The van der Waals surface area contributed by atoms with Gasteiger partial charge in [0.25, 0.3) is 5.60 Å². The molecule has 0 fully saturated rings. The van der Waals surface area contributed by atoms with Crippen LogP contribution in [0, 0.1) is 0 Å². The topological polar surface area (TPSA) is 54.3 Å². The van der Waals surface area contributed by atoms with Gasteiger partial charge >= 0.3 is 5.91 Å². The van der Waals surface area contributed by atoms with E-state index in [1.807, 2.05) is 48.5 Å². The molecular weight excluding hydrogens is 326 g/mol. The van der Waals surface area contributed by atoms with Crippen LogP contribution in [0.5, 0.6) is 0 Å². The summed E-state index contributed by atoms with van der Waals surface area (Å²) in [6.07, 6.45) is 0.314. The van der Waals surface area contributed by atoms with Gasteiger partial charge in [-0.25, -0.2) is 0 Å². The fraction of sp³-hybridized carbons (Fsp3) is 0.167. The number of hydrogen-bond acceptors (Lipinski definition) is 4. The molecule has 1 amide bonds. The monoisotopic (exact) mass is 339 g/mol. The molecule has 2 aromatic rings. The molecule has 0 aliphatic carbocycles. The van der Waals surface area contributed by atoms with Crippen molar-refractivity contribution < 1.29 is 9.63 Å². The summed E-state index contributed by atoms with van der Waals surface area (Å²) >= 11 is 6.23. The van der Waals surface area contributed by atoms with Crippen molar-refractivity contribution in [3.63, 3.8) is 0 Å². The van der Waals surface area contributed by atoms with Crippen LogP contribution in [0.25, 0.3) is 0 Å². The molecule has 2 heterocycles. The lowest BCUT2D eigenvalue weighted by Gasteiger charge is -2.20. The quantitative estimate of drug-likeness (QED) is 0.839. The first-order chi connectivity index (χ1) is 11.6. The number of oxime groups is 1. The number of para-hydroxylation sites is 1. The summed E-state index contributed by atoms with van der Waals surface area (Å²) in [5.41, 5.74) is 1.54. The van der Waals surface area contributed by atoms with Gasteiger partial charge in [0.15, 0.2) is 0 Å². The molecule has 1 unspecified atom stereocenters. The van der Waals surface area contributed by atoms with E-state index in [0.29, 0.717) is 28.6 Å². The number of nitrogens with zero attached hydrogens (tertiary/aromatic N) is 3. The maximum atomic E-state index is 13.0. The predicted molar refractivity (Wildman–Crippen MR) is 93.5 cm³/mol. The molecule has 2 aliphatic rings. The fourth-order valence-corrected chi connectivity index (χ4v) is 3.17. The van der Waals surface area contributed by atoms with Gasteiger partial charge < -0.3 is 4.84 Å². The fourth-order valence-electron chi connectivity index (χ4n) is 2.93. The molecular formula is C18H14ClN3O2. The van der Waals surface area contributed by atoms with Crippen LogP contribution < -0.4 is 5.01 Å². The summed E-state index contributed by atoms with van der Waals surface area (Å²) in [6, 6.07) is 16.7. The number of carbonyl (C=O) groups is 1. The molecule has 5 nitrogen and oxygen atoms in total. The second kappa shape index (κ2) is 5.46. The highest BCUT2D eigenvalue weighted by atomic mass is 35.5. The van der Waals surface area contributed by atoms with Gasteiger partial charge in [0.2, 0.25) is 0 Å². The minimum atomic E-state index is -1.18. The van der Waals surface area contributed by atoms with Crippen LogP contribution in [0.15, 0.2) is 64.9 Å². The average Bonchev–Trinajstić information content (AvgIpc) is 3.15. The number of benzene rings is 2. The highest BCUT2D eigenvalue weighted by Crippen LogP contribution is 2.37. The Labute approximate surface area is 144 Å². The van der Waals surface area contributed by atoms with Gasteiger partial charge in [-0.2, -0.15) is 10.1 Å². The van der Waals surface area contributed by atoms with E-state index in [2.05, 4.69) is 10.3 Å². The number of hydrogen-bond donors (Lipinski definition) is 0. The summed E-state index contributed by atoms with van der Waals surface area (Å²) in [4.78, 5) is 18.6. The molecule has 0 N–H and O–H groups in total. The summed E-state index contributed by atoms with van der Waals surface area (Å²) in [7, 11) is 0. The van der Waals surface area contributed by atoms with Crippen LogP contribution in [-0.4, -0.2) is 22.9 Å². The molecule has 6 heteroatoms. The molecule has 2 aliphatic heterocycles. The molecule has 1 spiro atoms. The third kappa shape index (κ3) is 2.12. The Morgan fingerprint density at radius 2 is 1.83 bits per heavy atom. The highest BCUT2D eigenvalue weighted by Gasteiger charge is 2.56. The minimum Gasteiger partial charge on any atom is -0.372 e. The third-order valence-electron chi connectivity index (χ3n) is 4.29. The second-order valence-corrected chi connectivity index (χ2v) is 6.16. The molecule has 0 saturated carbocycles. The first kappa shape index (κ1) is 14.9. The van der Waals surface area contributed by atoms with E-state index in [9.17, 15) is 4.79 Å². The van der Waals surface area contributed by atoms with Crippen LogP contribution in [-0.2, 0) is 9.63 Å². The zero-order valence-electron chi connectivity index (χ0n) is 12.9. The number of halogens is 1. The standard InChI is InChI=1S/C18H14ClN3O2/c1-12-18(17(23)22(20-12)13-7-3-2-4-8-13)11-16(21-24-18)14-9-5-6-10-15(14)19/h2-10H,11H2,1H3. The predicted octanol–water partition coefficient (Wildman–Crippen LogP) is 3.63. The van der Waals surface area contributed by atoms with Gasteiger partial charge in [-0.1, -0.05) is 53.2 Å². The van der Waals surface area contributed by atoms with E-state index in [1.165, 1.54) is 5.01 Å². The van der Waals surface area contributed by atoms with E-state index in [1.54, 1.807) is 13.0 Å². The smallest absolute Gasteiger partial charge is 0.300 e. The summed E-state index contributed by atoms with van der Waals surface area (Å²) in [5, 5.41) is 10.5. The zero-order chi connectivity index (χ0) is 16.7. The minimum absolute atomic E-state index is 0.239. The average molecular weight is 340 g/mol. The summed E-state index contributed by atoms with van der Waals surface area (Å²) in [6.45, 7) is 1.78. The maximum Gasteiger partial charge on any atom is 0.300 e. The second-order valence-electron chi connectivity index (χ2n) is 5.75. The summed E-state index contributed by atoms with van der Waals surface area (Å²) in [5.74, 6) is -0.239. The lowest BCUT2D eigenvalue weighted by molar-refractivity contribution is -0.132. The van der Waals surface area contributed by atoms with Crippen LogP contribution in [0.2, 0.25) is 5.02 Å². The number of amides is 1. The Kier molecular flexibility index (Phi) is 3.39. The first-order valence-corrected chi connectivity index (χ1v) is 7.95. The Balaban J connectivity index is 1.66. The van der Waals surface area contributed by atoms with Crippen molar-refractivity contribution in [2.75, 3.05) is 5.01 Å². The van der Waals surface area contributed by atoms with E-state index < -0.39 is 5.60 Å². The first-order valence-electron chi connectivity index (χ1n) is 7.57. The van der Waals surface area contributed by atoms with E-state index in [4.69, 9.17) is 16.4 Å². The van der Waals surface area contributed by atoms with Crippen LogP contribution in [0.4, 0.5) is 5.69 Å². The van der Waals surface area contributed by atoms with Gasteiger partial charge in [-0.15, -0.1) is 0 Å². The van der Waals surface area contributed by atoms with Crippen molar-refractivity contribution in [3.05, 3.63) is 65.2 Å². The van der Waals surface area contributed by atoms with Crippen LogP contribution in [0.3, 0.4) is 0 Å². The lowest BCUT2D eigenvalue weighted by Crippen LogP contribution is -2.46. The number of carbonyl (C=O) groups excluding carboxylic acids is 1. The SMILES string of the molecule is CC1=NN(c2ccccc2)C(=O)C12CC(c1ccccc1Cl)=NO2. The highest BCUT2D eigenvalue weighted by molar-refractivity contribution is 6.35. The van der Waals surface area contributed by atoms with Crippen molar-refractivity contribution >= 4 is 34.6 Å². The Morgan fingerprint density at radius 1 is 1.12 bits per heavy atom. The molecule has 1 atom stereocenters. The van der Waals surface area contributed by atoms with Gasteiger partial charge in [0, 0.05) is 10.6 Å². The molecule has 120 valence electrons. The third-order valence-corrected chi connectivity index (χ3v) is 4.62. The largest absolute Gasteiger partial charge is 0.372 e. The van der Waals surface area contributed by atoms with E-state index in [0.717, 1.165) is 5.56 Å². The van der Waals surface area contributed by atoms with E-state index in [-0.39, 0.29) is 5.91 Å². The van der Waals surface area contributed by atoms with Crippen molar-refractivity contribution in [2.45, 2.75) is 18.9 Å². The van der Waals surface area contributed by atoms with E-state index >= 15 is 0 Å². The van der Waals surface area contributed by atoms with Crippen molar-refractivity contribution in [1.29, 1.82) is 0 Å². The van der Waals surface area contributed by atoms with Crippen molar-refractivity contribution in [2.24, 2.45) is 10.3 Å². The van der Waals surface area contributed by atoms with Crippen LogP contribution in [0.1, 0.15) is 18.9 Å². The Morgan fingerprint density at radius 3 is 2.58 bits per heavy atom. The molecule has 0 aromatic heterocycles. The van der Waals surface area contributed by atoms with Crippen molar-refractivity contribution in [3.8, 4) is 0 Å². The molecule has 4 rings (SSSR count). The van der Waals surface area contributed by atoms with Crippen LogP contribution >= 0.6 is 11.6 Å². The number of hydrazone groups is 1. The van der Waals surface area contributed by atoms with Crippen molar-refractivity contribution in [1.82, 2.24) is 0 Å². The molecule has 24 heavy (non-hydrogen) atoms. The molecule has 0 bridgehead atoms. The maximum absolute atomic E-state index is 13.0. The molecule has 0 radical (unpaired) electrons. The van der Waals surface area contributed by atoms with Gasteiger partial charge in [0.1, 0.15) is 0 Å². The Hall–Kier alpha value is -2.66. The number of rotatable bonds is 2. The number of anilines is 1. The Bertz CT molecular complexity index is 879. The summed E-state index contributed by atoms with van der Waals surface area (Å²) < 4.78 is 0. The molecule has 0 saturated heterocycles.